The highest BCUT2D eigenvalue weighted by Gasteiger charge is 2.10. The van der Waals surface area contributed by atoms with Crippen molar-refractivity contribution in [3.05, 3.63) is 65.2 Å². The van der Waals surface area contributed by atoms with Gasteiger partial charge in [-0.3, -0.25) is 19.4 Å². The van der Waals surface area contributed by atoms with Crippen LogP contribution in [0.3, 0.4) is 0 Å². The Morgan fingerprint density at radius 3 is 2.68 bits per heavy atom. The van der Waals surface area contributed by atoms with E-state index in [1.54, 1.807) is 42.7 Å². The van der Waals surface area contributed by atoms with E-state index in [0.29, 0.717) is 35.8 Å². The third kappa shape index (κ3) is 5.99. The molecule has 160 valence electrons. The average Bonchev–Trinajstić information content (AvgIpc) is 2.75. The zero-order valence-corrected chi connectivity index (χ0v) is 17.3. The molecule has 0 spiro atoms. The number of aromatic nitrogens is 3. The summed E-state index contributed by atoms with van der Waals surface area (Å²) >= 11 is 0. The molecule has 9 heteroatoms. The summed E-state index contributed by atoms with van der Waals surface area (Å²) in [7, 11) is 1.50. The van der Waals surface area contributed by atoms with Crippen LogP contribution in [0.4, 0.5) is 11.4 Å². The van der Waals surface area contributed by atoms with Crippen molar-refractivity contribution in [2.24, 2.45) is 0 Å². The molecule has 1 aromatic carbocycles. The maximum absolute atomic E-state index is 12.4. The molecule has 0 atom stereocenters. The van der Waals surface area contributed by atoms with Gasteiger partial charge in [-0.2, -0.15) is 5.10 Å². The van der Waals surface area contributed by atoms with E-state index in [1.807, 2.05) is 6.07 Å². The number of benzene rings is 1. The molecule has 0 aliphatic heterocycles. The predicted octanol–water partition coefficient (Wildman–Crippen LogP) is 2.69. The van der Waals surface area contributed by atoms with E-state index in [0.717, 1.165) is 5.56 Å². The highest BCUT2D eigenvalue weighted by atomic mass is 16.5. The first-order valence-corrected chi connectivity index (χ1v) is 9.70. The van der Waals surface area contributed by atoms with Gasteiger partial charge in [0.1, 0.15) is 5.75 Å². The van der Waals surface area contributed by atoms with Crippen molar-refractivity contribution in [2.45, 2.75) is 26.3 Å². The minimum Gasteiger partial charge on any atom is -0.495 e. The van der Waals surface area contributed by atoms with Crippen molar-refractivity contribution >= 4 is 23.2 Å². The minimum atomic E-state index is -0.241. The van der Waals surface area contributed by atoms with Crippen LogP contribution in [0.2, 0.25) is 0 Å². The second-order valence-electron chi connectivity index (χ2n) is 6.77. The van der Waals surface area contributed by atoms with Gasteiger partial charge in [0.15, 0.2) is 0 Å². The van der Waals surface area contributed by atoms with E-state index >= 15 is 0 Å². The van der Waals surface area contributed by atoms with Crippen LogP contribution in [0.1, 0.15) is 19.8 Å². The second kappa shape index (κ2) is 10.1. The molecule has 0 bridgehead atoms. The van der Waals surface area contributed by atoms with E-state index in [9.17, 15) is 14.4 Å². The van der Waals surface area contributed by atoms with Crippen molar-refractivity contribution in [3.63, 3.8) is 0 Å². The van der Waals surface area contributed by atoms with Crippen LogP contribution in [0.5, 0.6) is 5.75 Å². The molecule has 0 fully saturated rings. The average molecular weight is 421 g/mol. The standard InChI is InChI=1S/C22H23N5O4/c1-15(28)24-17-7-9-20(31-2)19(13-17)25-21(29)6-4-12-27-22(30)10-8-18(26-27)16-5-3-11-23-14-16/h3,5,7-11,13-14H,4,6,12H2,1-2H3,(H,24,28)(H,25,29). The topological polar surface area (TPSA) is 115 Å². The molecule has 0 saturated heterocycles. The molecule has 2 heterocycles. The molecule has 3 rings (SSSR count). The summed E-state index contributed by atoms with van der Waals surface area (Å²) in [5.74, 6) is 0.0214. The van der Waals surface area contributed by atoms with Gasteiger partial charge in [0.2, 0.25) is 11.8 Å². The Labute approximate surface area is 179 Å². The number of pyridine rings is 1. The van der Waals surface area contributed by atoms with Crippen molar-refractivity contribution in [1.82, 2.24) is 14.8 Å². The van der Waals surface area contributed by atoms with Crippen LogP contribution >= 0.6 is 0 Å². The van der Waals surface area contributed by atoms with Crippen LogP contribution in [0.25, 0.3) is 11.3 Å². The normalized spacial score (nSPS) is 10.4. The number of hydrogen-bond acceptors (Lipinski definition) is 6. The lowest BCUT2D eigenvalue weighted by Gasteiger charge is -2.12. The van der Waals surface area contributed by atoms with Gasteiger partial charge in [0.05, 0.1) is 18.5 Å². The van der Waals surface area contributed by atoms with Gasteiger partial charge in [-0.15, -0.1) is 0 Å². The van der Waals surface area contributed by atoms with Gasteiger partial charge in [-0.25, -0.2) is 4.68 Å². The quantitative estimate of drug-likeness (QED) is 0.578. The monoisotopic (exact) mass is 421 g/mol. The highest BCUT2D eigenvalue weighted by molar-refractivity contribution is 5.94. The van der Waals surface area contributed by atoms with Crippen LogP contribution in [-0.4, -0.2) is 33.7 Å². The Kier molecular flexibility index (Phi) is 7.10. The molecule has 0 saturated carbocycles. The zero-order chi connectivity index (χ0) is 22.2. The van der Waals surface area contributed by atoms with Crippen molar-refractivity contribution < 1.29 is 14.3 Å². The molecule has 9 nitrogen and oxygen atoms in total. The molecule has 0 unspecified atom stereocenters. The van der Waals surface area contributed by atoms with Crippen molar-refractivity contribution in [2.75, 3.05) is 17.7 Å². The molecule has 2 aromatic heterocycles. The first-order valence-electron chi connectivity index (χ1n) is 9.70. The number of methoxy groups -OCH3 is 1. The number of nitrogens with zero attached hydrogens (tertiary/aromatic N) is 3. The number of hydrogen-bond donors (Lipinski definition) is 2. The SMILES string of the molecule is COc1ccc(NC(C)=O)cc1NC(=O)CCCn1nc(-c2cccnc2)ccc1=O. The number of nitrogens with one attached hydrogen (secondary N) is 2. The molecule has 3 aromatic rings. The fourth-order valence-electron chi connectivity index (χ4n) is 2.97. The van der Waals surface area contributed by atoms with Crippen molar-refractivity contribution in [1.29, 1.82) is 0 Å². The van der Waals surface area contributed by atoms with Crippen LogP contribution in [0, 0.1) is 0 Å². The number of aryl methyl sites for hydroxylation is 1. The van der Waals surface area contributed by atoms with Crippen LogP contribution in [0.15, 0.2) is 59.7 Å². The lowest BCUT2D eigenvalue weighted by atomic mass is 10.2. The molecule has 2 amide bonds. The fraction of sp³-hybridized carbons (Fsp3) is 0.227. The molecular formula is C22H23N5O4. The van der Waals surface area contributed by atoms with Gasteiger partial charge in [-0.1, -0.05) is 0 Å². The minimum absolute atomic E-state index is 0.179. The first kappa shape index (κ1) is 21.7. The van der Waals surface area contributed by atoms with Crippen LogP contribution < -0.4 is 20.9 Å². The van der Waals surface area contributed by atoms with E-state index < -0.39 is 0 Å². The van der Waals surface area contributed by atoms with Gasteiger partial charge >= 0.3 is 0 Å². The number of anilines is 2. The fourth-order valence-corrected chi connectivity index (χ4v) is 2.97. The Balaban J connectivity index is 1.62. The third-order valence-corrected chi connectivity index (χ3v) is 4.39. The molecule has 0 aliphatic rings. The lowest BCUT2D eigenvalue weighted by Crippen LogP contribution is -2.23. The maximum atomic E-state index is 12.4. The number of ether oxygens (including phenoxy) is 1. The predicted molar refractivity (Wildman–Crippen MR) is 117 cm³/mol. The largest absolute Gasteiger partial charge is 0.495 e. The van der Waals surface area contributed by atoms with Gasteiger partial charge < -0.3 is 15.4 Å². The molecular weight excluding hydrogens is 398 g/mol. The van der Waals surface area contributed by atoms with E-state index in [-0.39, 0.29) is 23.8 Å². The highest BCUT2D eigenvalue weighted by Crippen LogP contribution is 2.28. The maximum Gasteiger partial charge on any atom is 0.266 e. The van der Waals surface area contributed by atoms with Crippen molar-refractivity contribution in [3.8, 4) is 17.0 Å². The molecule has 0 aliphatic carbocycles. The summed E-state index contributed by atoms with van der Waals surface area (Å²) in [5.41, 5.74) is 2.20. The lowest BCUT2D eigenvalue weighted by molar-refractivity contribution is -0.116. The summed E-state index contributed by atoms with van der Waals surface area (Å²) in [4.78, 5) is 39.8. The number of carbonyl (C=O) groups is 2. The molecule has 2 N–H and O–H groups in total. The Morgan fingerprint density at radius 2 is 1.97 bits per heavy atom. The van der Waals surface area contributed by atoms with Gasteiger partial charge in [-0.05, 0) is 42.8 Å². The number of carbonyl (C=O) groups excluding carboxylic acids is 2. The summed E-state index contributed by atoms with van der Waals surface area (Å²) < 4.78 is 6.60. The Bertz CT molecular complexity index is 1130. The number of rotatable bonds is 8. The zero-order valence-electron chi connectivity index (χ0n) is 17.3. The smallest absolute Gasteiger partial charge is 0.266 e. The number of amides is 2. The van der Waals surface area contributed by atoms with E-state index in [4.69, 9.17) is 4.74 Å². The Hall–Kier alpha value is -4.01. The molecule has 0 radical (unpaired) electrons. The van der Waals surface area contributed by atoms with Gasteiger partial charge in [0.25, 0.3) is 5.56 Å². The first-order chi connectivity index (χ1) is 15.0. The third-order valence-electron chi connectivity index (χ3n) is 4.39. The van der Waals surface area contributed by atoms with E-state index in [2.05, 4.69) is 20.7 Å². The van der Waals surface area contributed by atoms with E-state index in [1.165, 1.54) is 24.8 Å². The van der Waals surface area contributed by atoms with Gasteiger partial charge in [0, 0.05) is 49.6 Å². The Morgan fingerprint density at radius 1 is 1.13 bits per heavy atom. The summed E-state index contributed by atoms with van der Waals surface area (Å²) in [6, 6.07) is 11.7. The second-order valence-corrected chi connectivity index (χ2v) is 6.77. The summed E-state index contributed by atoms with van der Waals surface area (Å²) in [6.45, 7) is 1.70. The summed E-state index contributed by atoms with van der Waals surface area (Å²) in [6.07, 6.45) is 3.94. The van der Waals surface area contributed by atoms with Crippen LogP contribution in [-0.2, 0) is 16.1 Å². The summed E-state index contributed by atoms with van der Waals surface area (Å²) in [5, 5.41) is 9.81. The molecule has 31 heavy (non-hydrogen) atoms.